The van der Waals surface area contributed by atoms with Crippen molar-refractivity contribution in [2.24, 2.45) is 0 Å². The van der Waals surface area contributed by atoms with Crippen LogP contribution in [0.3, 0.4) is 0 Å². The number of rotatable bonds is 16. The van der Waals surface area contributed by atoms with Gasteiger partial charge >= 0.3 is 18.0 Å². The molecule has 3 heterocycles. The molecule has 1 amide bonds. The fourth-order valence-electron chi connectivity index (χ4n) is 7.44. The van der Waals surface area contributed by atoms with Crippen molar-refractivity contribution in [2.75, 3.05) is 19.8 Å². The molecule has 3 saturated heterocycles. The van der Waals surface area contributed by atoms with Gasteiger partial charge in [0.1, 0.15) is 55.3 Å². The van der Waals surface area contributed by atoms with Gasteiger partial charge in [-0.3, -0.25) is 9.59 Å². The monoisotopic (exact) mass is 959 g/mol. The number of carbonyl (C=O) groups is 3. The van der Waals surface area contributed by atoms with Gasteiger partial charge in [-0.25, -0.2) is 4.79 Å². The minimum atomic E-state index is -1.91. The Kier molecular flexibility index (Phi) is 17.2. The van der Waals surface area contributed by atoms with E-state index in [1.807, 2.05) is 121 Å². The maximum absolute atomic E-state index is 13.7. The zero-order chi connectivity index (χ0) is 45.1. The van der Waals surface area contributed by atoms with Gasteiger partial charge in [0, 0.05) is 24.3 Å². The van der Waals surface area contributed by atoms with Crippen LogP contribution in [-0.4, -0.2) is 102 Å². The number of esters is 2. The summed E-state index contributed by atoms with van der Waals surface area (Å²) >= 11 is 19.2. The highest BCUT2D eigenvalue weighted by Gasteiger charge is 2.56. The molecular weight excluding hydrogens is 913 g/mol. The average molecular weight is 961 g/mol. The van der Waals surface area contributed by atoms with Gasteiger partial charge in [0.15, 0.2) is 18.7 Å². The molecule has 3 aliphatic rings. The number of carbonyl (C=O) groups excluding carboxylic acids is 3. The Hall–Kier alpha value is -3.97. The Labute approximate surface area is 390 Å². The molecule has 3 fully saturated rings. The topological polar surface area (TPSA) is 156 Å². The normalized spacial score (nSPS) is 28.0. The zero-order valence-corrected chi connectivity index (χ0v) is 37.9. The molecule has 4 aromatic carbocycles. The van der Waals surface area contributed by atoms with E-state index in [-0.39, 0.29) is 26.4 Å². The van der Waals surface area contributed by atoms with Gasteiger partial charge in [0.25, 0.3) is 0 Å². The molecule has 14 nitrogen and oxygen atoms in total. The lowest BCUT2D eigenvalue weighted by molar-refractivity contribution is -0.362. The fraction of sp³-hybridized carbons (Fsp3) is 0.413. The molecule has 64 heavy (non-hydrogen) atoms. The van der Waals surface area contributed by atoms with Crippen LogP contribution in [0.4, 0.5) is 4.79 Å². The van der Waals surface area contributed by atoms with E-state index in [9.17, 15) is 14.4 Å². The standard InChI is InChI=1S/C46H48Cl3NO13S/c1-28(51)54-25-34-37(55-23-30-15-7-3-8-16-30)40(56-24-31-17-9-4-10-18-31)41(59-29(2)52)43(60-34)63-39-36(50-45(53)58-27-46(47,48)49)44(64-33-21-13-6-14-22-33)61-35-26-57-42(62-38(35)39)32-19-11-5-12-20-32/h3-22,34-44H,23-27H2,1-2H3,(H,50,53)/t34-,35-,36-,37-,38+,39-,40+,41-,42?,43+,44+/m1/s1. The molecular formula is C46H48Cl3NO13S. The summed E-state index contributed by atoms with van der Waals surface area (Å²) in [5.74, 6) is -1.24. The first-order valence-electron chi connectivity index (χ1n) is 20.5. The van der Waals surface area contributed by atoms with E-state index in [0.29, 0.717) is 5.56 Å². The highest BCUT2D eigenvalue weighted by molar-refractivity contribution is 7.99. The van der Waals surface area contributed by atoms with Crippen molar-refractivity contribution in [3.05, 3.63) is 138 Å². The molecule has 0 radical (unpaired) electrons. The molecule has 0 aromatic heterocycles. The number of benzene rings is 4. The summed E-state index contributed by atoms with van der Waals surface area (Å²) in [4.78, 5) is 40.0. The van der Waals surface area contributed by atoms with Crippen molar-refractivity contribution >= 4 is 64.6 Å². The van der Waals surface area contributed by atoms with Crippen LogP contribution in [0.25, 0.3) is 0 Å². The molecule has 342 valence electrons. The fourth-order valence-corrected chi connectivity index (χ4v) is 8.76. The third kappa shape index (κ3) is 13.5. The van der Waals surface area contributed by atoms with E-state index in [1.165, 1.54) is 25.6 Å². The number of alkyl carbamates (subject to hydrolysis) is 1. The molecule has 18 heteroatoms. The summed E-state index contributed by atoms with van der Waals surface area (Å²) in [6.07, 6.45) is -10.6. The number of alkyl halides is 3. The number of fused-ring (bicyclic) bond motifs is 1. The highest BCUT2D eigenvalue weighted by Crippen LogP contribution is 2.42. The number of amides is 1. The zero-order valence-electron chi connectivity index (χ0n) is 34.8. The highest BCUT2D eigenvalue weighted by atomic mass is 35.6. The summed E-state index contributed by atoms with van der Waals surface area (Å²) in [6, 6.07) is 36.4. The number of hydrogen-bond donors (Lipinski definition) is 1. The van der Waals surface area contributed by atoms with E-state index >= 15 is 0 Å². The molecule has 3 aliphatic heterocycles. The molecule has 4 aromatic rings. The van der Waals surface area contributed by atoms with Crippen LogP contribution < -0.4 is 5.32 Å². The quantitative estimate of drug-likeness (QED) is 0.0658. The maximum Gasteiger partial charge on any atom is 0.407 e. The lowest BCUT2D eigenvalue weighted by Crippen LogP contribution is -2.69. The van der Waals surface area contributed by atoms with Crippen molar-refractivity contribution < 1.29 is 61.8 Å². The molecule has 11 atom stereocenters. The van der Waals surface area contributed by atoms with Crippen LogP contribution in [0.5, 0.6) is 0 Å². The summed E-state index contributed by atoms with van der Waals surface area (Å²) in [6.45, 7) is 1.90. The number of hydrogen-bond acceptors (Lipinski definition) is 14. The Bertz CT molecular complexity index is 2090. The smallest absolute Gasteiger partial charge is 0.407 e. The van der Waals surface area contributed by atoms with E-state index in [1.54, 1.807) is 0 Å². The lowest BCUT2D eigenvalue weighted by atomic mass is 9.95. The maximum atomic E-state index is 13.7. The summed E-state index contributed by atoms with van der Waals surface area (Å²) < 4.78 is 61.7. The van der Waals surface area contributed by atoms with Gasteiger partial charge in [-0.15, -0.1) is 0 Å². The van der Waals surface area contributed by atoms with Gasteiger partial charge in [0.05, 0.1) is 25.9 Å². The number of thioether (sulfide) groups is 1. The van der Waals surface area contributed by atoms with Crippen molar-refractivity contribution in [3.8, 4) is 0 Å². The van der Waals surface area contributed by atoms with Crippen molar-refractivity contribution in [1.29, 1.82) is 0 Å². The van der Waals surface area contributed by atoms with Crippen molar-refractivity contribution in [2.45, 2.75) is 103 Å². The second-order valence-corrected chi connectivity index (χ2v) is 18.7. The Morgan fingerprint density at radius 2 is 1.30 bits per heavy atom. The van der Waals surface area contributed by atoms with E-state index in [4.69, 9.17) is 82.2 Å². The van der Waals surface area contributed by atoms with Crippen LogP contribution in [0, 0.1) is 0 Å². The molecule has 0 spiro atoms. The number of halogens is 3. The second kappa shape index (κ2) is 23.0. The van der Waals surface area contributed by atoms with Gasteiger partial charge in [-0.05, 0) is 23.3 Å². The second-order valence-electron chi connectivity index (χ2n) is 15.1. The number of nitrogens with one attached hydrogen (secondary N) is 1. The molecule has 0 bridgehead atoms. The predicted octanol–water partition coefficient (Wildman–Crippen LogP) is 7.86. The summed E-state index contributed by atoms with van der Waals surface area (Å²) in [7, 11) is 0. The number of ether oxygens (including phenoxy) is 10. The van der Waals surface area contributed by atoms with Crippen LogP contribution in [0.1, 0.15) is 36.8 Å². The van der Waals surface area contributed by atoms with E-state index in [2.05, 4.69) is 5.32 Å². The molecule has 1 unspecified atom stereocenters. The van der Waals surface area contributed by atoms with E-state index in [0.717, 1.165) is 16.0 Å². The first-order valence-corrected chi connectivity index (χ1v) is 22.5. The van der Waals surface area contributed by atoms with Crippen LogP contribution in [0.15, 0.2) is 126 Å². The minimum Gasteiger partial charge on any atom is -0.463 e. The van der Waals surface area contributed by atoms with Gasteiger partial charge in [0.2, 0.25) is 3.79 Å². The van der Waals surface area contributed by atoms with Crippen LogP contribution in [-0.2, 0) is 70.2 Å². The molecule has 0 aliphatic carbocycles. The first-order chi connectivity index (χ1) is 30.9. The third-order valence-corrected chi connectivity index (χ3v) is 11.8. The molecule has 0 saturated carbocycles. The summed E-state index contributed by atoms with van der Waals surface area (Å²) in [5.41, 5.74) is 1.50. The largest absolute Gasteiger partial charge is 0.463 e. The molecule has 7 rings (SSSR count). The summed E-state index contributed by atoms with van der Waals surface area (Å²) in [5, 5.41) is 2.88. The molecule has 1 N–H and O–H groups in total. The van der Waals surface area contributed by atoms with Gasteiger partial charge in [-0.1, -0.05) is 156 Å². The minimum absolute atomic E-state index is 0.0621. The Morgan fingerprint density at radius 3 is 1.89 bits per heavy atom. The van der Waals surface area contributed by atoms with Gasteiger partial charge < -0.3 is 52.7 Å². The Balaban J connectivity index is 1.29. The van der Waals surface area contributed by atoms with Crippen molar-refractivity contribution in [1.82, 2.24) is 5.32 Å². The third-order valence-electron chi connectivity index (χ3n) is 10.3. The lowest BCUT2D eigenvalue weighted by Gasteiger charge is -2.51. The van der Waals surface area contributed by atoms with Crippen molar-refractivity contribution in [3.63, 3.8) is 0 Å². The Morgan fingerprint density at radius 1 is 0.703 bits per heavy atom. The first kappa shape index (κ1) is 48.0. The van der Waals surface area contributed by atoms with Crippen LogP contribution >= 0.6 is 46.6 Å². The SMILES string of the molecule is CC(=O)OC[C@H]1O[C@@H](O[C@@H]2[C@@H](NC(=O)OCC(Cl)(Cl)Cl)[C@H](Sc3ccccc3)O[C@@H]3COC(c4ccccc4)O[C@H]23)[C@H](OC(C)=O)[C@@H](OCc2ccccc2)[C@@H]1OCc1ccccc1. The average Bonchev–Trinajstić information content (AvgIpc) is 3.29. The predicted molar refractivity (Wildman–Crippen MR) is 235 cm³/mol. The van der Waals surface area contributed by atoms with E-state index < -0.39 is 95.2 Å². The van der Waals surface area contributed by atoms with Crippen LogP contribution in [0.2, 0.25) is 0 Å². The van der Waals surface area contributed by atoms with Gasteiger partial charge in [-0.2, -0.15) is 0 Å².